The number of hydrogen-bond acceptors (Lipinski definition) is 3. The zero-order valence-corrected chi connectivity index (χ0v) is 13.3. The third kappa shape index (κ3) is 6.41. The van der Waals surface area contributed by atoms with Crippen molar-refractivity contribution in [2.45, 2.75) is 32.5 Å². The van der Waals surface area contributed by atoms with E-state index in [0.29, 0.717) is 13.0 Å². The summed E-state index contributed by atoms with van der Waals surface area (Å²) in [5, 5.41) is 15.0. The van der Waals surface area contributed by atoms with Crippen molar-refractivity contribution in [2.24, 2.45) is 5.92 Å². The number of amides is 2. The third-order valence-electron chi connectivity index (χ3n) is 3.47. The molecule has 0 saturated carbocycles. The van der Waals surface area contributed by atoms with Gasteiger partial charge < -0.3 is 20.5 Å². The quantitative estimate of drug-likeness (QED) is 0.689. The first-order valence-electron chi connectivity index (χ1n) is 7.42. The highest BCUT2D eigenvalue weighted by Gasteiger charge is 2.13. The molecule has 0 aliphatic rings. The van der Waals surface area contributed by atoms with E-state index in [1.165, 1.54) is 19.2 Å². The Hall–Kier alpha value is -1.66. The molecule has 2 unspecified atom stereocenters. The minimum absolute atomic E-state index is 0.168. The Morgan fingerprint density at radius 3 is 2.45 bits per heavy atom. The van der Waals surface area contributed by atoms with Gasteiger partial charge >= 0.3 is 6.03 Å². The van der Waals surface area contributed by atoms with E-state index in [1.807, 2.05) is 13.8 Å². The van der Waals surface area contributed by atoms with Crippen LogP contribution in [0.1, 0.15) is 31.9 Å². The Morgan fingerprint density at radius 2 is 1.91 bits per heavy atom. The lowest BCUT2D eigenvalue weighted by molar-refractivity contribution is 0.103. The van der Waals surface area contributed by atoms with Crippen LogP contribution in [0.4, 0.5) is 9.18 Å². The molecule has 2 atom stereocenters. The van der Waals surface area contributed by atoms with Gasteiger partial charge in [0.15, 0.2) is 0 Å². The molecule has 5 nitrogen and oxygen atoms in total. The fourth-order valence-electron chi connectivity index (χ4n) is 1.93. The number of aliphatic hydroxyl groups is 1. The van der Waals surface area contributed by atoms with Crippen LogP contribution in [0.2, 0.25) is 0 Å². The van der Waals surface area contributed by atoms with Crippen molar-refractivity contribution in [1.29, 1.82) is 0 Å². The second-order valence-corrected chi connectivity index (χ2v) is 5.51. The van der Waals surface area contributed by atoms with Crippen molar-refractivity contribution in [3.8, 4) is 0 Å². The van der Waals surface area contributed by atoms with Crippen LogP contribution in [0, 0.1) is 11.7 Å². The zero-order chi connectivity index (χ0) is 16.5. The SMILES string of the molecule is COC(CNC(=O)NCCC(O)C(C)C)c1ccc(F)cc1. The van der Waals surface area contributed by atoms with Crippen LogP contribution in [-0.4, -0.2) is 37.4 Å². The fraction of sp³-hybridized carbons (Fsp3) is 0.562. The molecule has 6 heteroatoms. The maximum atomic E-state index is 12.9. The molecule has 0 aromatic heterocycles. The van der Waals surface area contributed by atoms with Crippen LogP contribution < -0.4 is 10.6 Å². The van der Waals surface area contributed by atoms with Crippen molar-refractivity contribution in [2.75, 3.05) is 20.2 Å². The average Bonchev–Trinajstić information content (AvgIpc) is 2.49. The summed E-state index contributed by atoms with van der Waals surface area (Å²) in [7, 11) is 1.53. The molecule has 0 saturated heterocycles. The van der Waals surface area contributed by atoms with Gasteiger partial charge in [-0.15, -0.1) is 0 Å². The summed E-state index contributed by atoms with van der Waals surface area (Å²) >= 11 is 0. The summed E-state index contributed by atoms with van der Waals surface area (Å²) in [5.41, 5.74) is 0.791. The van der Waals surface area contributed by atoms with Gasteiger partial charge in [0.1, 0.15) is 5.82 Å². The molecule has 2 amide bonds. The van der Waals surface area contributed by atoms with Crippen molar-refractivity contribution in [3.63, 3.8) is 0 Å². The Balaban J connectivity index is 2.33. The molecular formula is C16H25FN2O3. The smallest absolute Gasteiger partial charge is 0.314 e. The van der Waals surface area contributed by atoms with E-state index in [2.05, 4.69) is 10.6 Å². The fourth-order valence-corrected chi connectivity index (χ4v) is 1.93. The lowest BCUT2D eigenvalue weighted by Crippen LogP contribution is -2.39. The molecule has 0 spiro atoms. The predicted octanol–water partition coefficient (Wildman–Crippen LogP) is 2.22. The van der Waals surface area contributed by atoms with Crippen molar-refractivity contribution in [1.82, 2.24) is 10.6 Å². The molecule has 0 fully saturated rings. The Bertz CT molecular complexity index is 451. The van der Waals surface area contributed by atoms with Crippen molar-refractivity contribution >= 4 is 6.03 Å². The first-order chi connectivity index (χ1) is 10.4. The van der Waals surface area contributed by atoms with E-state index < -0.39 is 6.10 Å². The predicted molar refractivity (Wildman–Crippen MR) is 83.0 cm³/mol. The number of halogens is 1. The monoisotopic (exact) mass is 312 g/mol. The molecule has 1 aromatic carbocycles. The second-order valence-electron chi connectivity index (χ2n) is 5.51. The van der Waals surface area contributed by atoms with Gasteiger partial charge in [0.2, 0.25) is 0 Å². The maximum absolute atomic E-state index is 12.9. The number of urea groups is 1. The lowest BCUT2D eigenvalue weighted by Gasteiger charge is -2.18. The van der Waals surface area contributed by atoms with Crippen molar-refractivity contribution < 1.29 is 19.0 Å². The number of hydrogen-bond donors (Lipinski definition) is 3. The summed E-state index contributed by atoms with van der Waals surface area (Å²) in [6, 6.07) is 5.65. The molecule has 1 rings (SSSR count). The topological polar surface area (TPSA) is 70.6 Å². The largest absolute Gasteiger partial charge is 0.393 e. The van der Waals surface area contributed by atoms with Crippen LogP contribution in [0.15, 0.2) is 24.3 Å². The molecule has 3 N–H and O–H groups in total. The van der Waals surface area contributed by atoms with Gasteiger partial charge in [0.05, 0.1) is 12.2 Å². The minimum Gasteiger partial charge on any atom is -0.393 e. The maximum Gasteiger partial charge on any atom is 0.314 e. The number of rotatable bonds is 8. The van der Waals surface area contributed by atoms with Crippen LogP contribution in [0.5, 0.6) is 0 Å². The van der Waals surface area contributed by atoms with Gasteiger partial charge in [-0.2, -0.15) is 0 Å². The first-order valence-corrected chi connectivity index (χ1v) is 7.42. The molecule has 0 radical (unpaired) electrons. The summed E-state index contributed by atoms with van der Waals surface area (Å²) in [5.74, 6) is -0.144. The third-order valence-corrected chi connectivity index (χ3v) is 3.47. The standard InChI is InChI=1S/C16H25FN2O3/c1-11(2)14(20)8-9-18-16(21)19-10-15(22-3)12-4-6-13(17)7-5-12/h4-7,11,14-15,20H,8-10H2,1-3H3,(H2,18,19,21). The Kier molecular flexibility index (Phi) is 7.84. The number of carbonyl (C=O) groups excluding carboxylic acids is 1. The highest BCUT2D eigenvalue weighted by Crippen LogP contribution is 2.16. The summed E-state index contributed by atoms with van der Waals surface area (Å²) in [6.07, 6.45) is -0.254. The van der Waals surface area contributed by atoms with E-state index in [1.54, 1.807) is 12.1 Å². The number of aliphatic hydroxyl groups excluding tert-OH is 1. The van der Waals surface area contributed by atoms with E-state index in [9.17, 15) is 14.3 Å². The number of nitrogens with one attached hydrogen (secondary N) is 2. The van der Waals surface area contributed by atoms with Gasteiger partial charge in [0.25, 0.3) is 0 Å². The number of benzene rings is 1. The number of ether oxygens (including phenoxy) is 1. The van der Waals surface area contributed by atoms with Crippen LogP contribution in [0.25, 0.3) is 0 Å². The first kappa shape index (κ1) is 18.4. The second kappa shape index (κ2) is 9.38. The molecule has 22 heavy (non-hydrogen) atoms. The van der Waals surface area contributed by atoms with E-state index in [4.69, 9.17) is 4.74 Å². The molecule has 0 bridgehead atoms. The van der Waals surface area contributed by atoms with Gasteiger partial charge in [-0.25, -0.2) is 9.18 Å². The highest BCUT2D eigenvalue weighted by molar-refractivity contribution is 5.73. The number of carbonyl (C=O) groups is 1. The van der Waals surface area contributed by atoms with Gasteiger partial charge in [-0.1, -0.05) is 26.0 Å². The molecule has 0 aliphatic heterocycles. The molecule has 124 valence electrons. The van der Waals surface area contributed by atoms with E-state index >= 15 is 0 Å². The zero-order valence-electron chi connectivity index (χ0n) is 13.3. The van der Waals surface area contributed by atoms with E-state index in [-0.39, 0.29) is 30.4 Å². The molecule has 0 heterocycles. The van der Waals surface area contributed by atoms with Crippen LogP contribution in [0.3, 0.4) is 0 Å². The molecule has 0 aliphatic carbocycles. The molecule has 1 aromatic rings. The normalized spacial score (nSPS) is 13.7. The van der Waals surface area contributed by atoms with Gasteiger partial charge in [0, 0.05) is 20.2 Å². The van der Waals surface area contributed by atoms with Crippen molar-refractivity contribution in [3.05, 3.63) is 35.6 Å². The van der Waals surface area contributed by atoms with E-state index in [0.717, 1.165) is 5.56 Å². The highest BCUT2D eigenvalue weighted by atomic mass is 19.1. The lowest BCUT2D eigenvalue weighted by atomic mass is 10.0. The number of methoxy groups -OCH3 is 1. The minimum atomic E-state index is -0.425. The van der Waals surface area contributed by atoms with Gasteiger partial charge in [-0.05, 0) is 30.0 Å². The summed E-state index contributed by atoms with van der Waals surface area (Å²) in [4.78, 5) is 11.7. The van der Waals surface area contributed by atoms with Gasteiger partial charge in [-0.3, -0.25) is 0 Å². The Morgan fingerprint density at radius 1 is 1.27 bits per heavy atom. The Labute approximate surface area is 130 Å². The average molecular weight is 312 g/mol. The molecular weight excluding hydrogens is 287 g/mol. The summed E-state index contributed by atoms with van der Waals surface area (Å²) < 4.78 is 18.2. The summed E-state index contributed by atoms with van der Waals surface area (Å²) in [6.45, 7) is 4.54. The van der Waals surface area contributed by atoms with Crippen LogP contribution >= 0.6 is 0 Å². The van der Waals surface area contributed by atoms with Crippen LogP contribution in [-0.2, 0) is 4.74 Å².